The molecule has 0 aliphatic carbocycles. The van der Waals surface area contributed by atoms with Crippen LogP contribution in [0.15, 0.2) is 46.9 Å². The van der Waals surface area contributed by atoms with E-state index in [1.807, 2.05) is 30.3 Å². The number of hydrogen-bond donors (Lipinski definition) is 1. The molecular weight excluding hydrogens is 312 g/mol. The van der Waals surface area contributed by atoms with E-state index in [0.29, 0.717) is 23.5 Å². The maximum absolute atomic E-state index is 12.6. The van der Waals surface area contributed by atoms with Gasteiger partial charge in [0.1, 0.15) is 0 Å². The molecule has 25 heavy (non-hydrogen) atoms. The van der Waals surface area contributed by atoms with E-state index in [1.165, 1.54) is 12.8 Å². The lowest BCUT2D eigenvalue weighted by Crippen LogP contribution is -2.62. The summed E-state index contributed by atoms with van der Waals surface area (Å²) in [7, 11) is 0. The van der Waals surface area contributed by atoms with E-state index in [2.05, 4.69) is 29.0 Å². The highest BCUT2D eigenvalue weighted by Crippen LogP contribution is 2.32. The average Bonchev–Trinajstić information content (AvgIpc) is 3.13. The van der Waals surface area contributed by atoms with E-state index in [-0.39, 0.29) is 11.9 Å². The van der Waals surface area contributed by atoms with Gasteiger partial charge in [-0.1, -0.05) is 24.1 Å². The van der Waals surface area contributed by atoms with Crippen molar-refractivity contribution in [1.82, 2.24) is 10.2 Å². The molecule has 2 atom stereocenters. The van der Waals surface area contributed by atoms with Crippen LogP contribution in [-0.2, 0) is 0 Å². The Hall–Kier alpha value is -2.51. The molecule has 0 spiro atoms. The molecule has 2 bridgehead atoms. The predicted molar refractivity (Wildman–Crippen MR) is 96.1 cm³/mol. The summed E-state index contributed by atoms with van der Waals surface area (Å²) in [6.45, 7) is 4.51. The minimum atomic E-state index is -0.140. The second kappa shape index (κ2) is 6.78. The van der Waals surface area contributed by atoms with E-state index < -0.39 is 0 Å². The van der Waals surface area contributed by atoms with Gasteiger partial charge in [-0.15, -0.1) is 0 Å². The van der Waals surface area contributed by atoms with E-state index in [1.54, 1.807) is 12.1 Å². The first-order valence-corrected chi connectivity index (χ1v) is 8.92. The van der Waals surface area contributed by atoms with Crippen LogP contribution in [0.3, 0.4) is 0 Å². The zero-order valence-corrected chi connectivity index (χ0v) is 14.4. The fourth-order valence-electron chi connectivity index (χ4n) is 3.95. The lowest BCUT2D eigenvalue weighted by Gasteiger charge is -2.49. The van der Waals surface area contributed by atoms with Crippen LogP contribution in [0.2, 0.25) is 0 Å². The maximum Gasteiger partial charge on any atom is 0.287 e. The third kappa shape index (κ3) is 3.33. The SMILES string of the molecule is C[C@H]1[C@H](NC(=O)c2ccc(C#Cc3ccccc3)o2)C2CCN1CC2. The standard InChI is InChI=1S/C21H22N2O2/c1-15-20(17-11-13-23(15)14-12-17)22-21(24)19-10-9-18(25-19)8-7-16-5-3-2-4-6-16/h2-6,9-10,15,17,20H,11-14H2,1H3,(H,22,24)/t15-,20-/m0/s1. The Labute approximate surface area is 148 Å². The molecule has 1 N–H and O–H groups in total. The van der Waals surface area contributed by atoms with Crippen LogP contribution in [0, 0.1) is 17.8 Å². The maximum atomic E-state index is 12.6. The number of hydrogen-bond acceptors (Lipinski definition) is 3. The smallest absolute Gasteiger partial charge is 0.287 e. The van der Waals surface area contributed by atoms with Gasteiger partial charge in [-0.3, -0.25) is 9.69 Å². The summed E-state index contributed by atoms with van der Waals surface area (Å²) < 4.78 is 5.62. The van der Waals surface area contributed by atoms with E-state index in [0.717, 1.165) is 18.7 Å². The topological polar surface area (TPSA) is 45.5 Å². The summed E-state index contributed by atoms with van der Waals surface area (Å²) in [5.41, 5.74) is 0.922. The fourth-order valence-corrected chi connectivity index (χ4v) is 3.95. The van der Waals surface area contributed by atoms with Crippen molar-refractivity contribution in [2.75, 3.05) is 13.1 Å². The second-order valence-corrected chi connectivity index (χ2v) is 6.89. The van der Waals surface area contributed by atoms with Crippen LogP contribution in [0.5, 0.6) is 0 Å². The third-order valence-corrected chi connectivity index (χ3v) is 5.41. The summed E-state index contributed by atoms with van der Waals surface area (Å²) in [5.74, 6) is 7.30. The molecule has 3 aliphatic rings. The van der Waals surface area contributed by atoms with Gasteiger partial charge in [0.2, 0.25) is 0 Å². The van der Waals surface area contributed by atoms with E-state index in [9.17, 15) is 4.79 Å². The van der Waals surface area contributed by atoms with Gasteiger partial charge in [0.25, 0.3) is 5.91 Å². The van der Waals surface area contributed by atoms with Crippen molar-refractivity contribution in [3.05, 3.63) is 59.5 Å². The minimum Gasteiger partial charge on any atom is -0.443 e. The Kier molecular flexibility index (Phi) is 4.33. The zero-order valence-electron chi connectivity index (χ0n) is 14.4. The molecule has 128 valence electrons. The molecule has 0 unspecified atom stereocenters. The monoisotopic (exact) mass is 334 g/mol. The molecule has 1 aromatic carbocycles. The lowest BCUT2D eigenvalue weighted by atomic mass is 9.79. The van der Waals surface area contributed by atoms with Crippen molar-refractivity contribution in [3.8, 4) is 11.8 Å². The van der Waals surface area contributed by atoms with Gasteiger partial charge in [0.05, 0.1) is 0 Å². The molecule has 4 nitrogen and oxygen atoms in total. The molecule has 1 amide bonds. The molecule has 2 aromatic rings. The number of benzene rings is 1. The van der Waals surface area contributed by atoms with Crippen molar-refractivity contribution >= 4 is 5.91 Å². The number of carbonyl (C=O) groups excluding carboxylic acids is 1. The molecule has 4 heterocycles. The quantitative estimate of drug-likeness (QED) is 0.859. The summed E-state index contributed by atoms with van der Waals surface area (Å²) in [6, 6.07) is 13.8. The van der Waals surface area contributed by atoms with Gasteiger partial charge in [-0.2, -0.15) is 0 Å². The van der Waals surface area contributed by atoms with Gasteiger partial charge in [0.15, 0.2) is 11.5 Å². The number of fused-ring (bicyclic) bond motifs is 3. The summed E-state index contributed by atoms with van der Waals surface area (Å²) >= 11 is 0. The van der Waals surface area contributed by atoms with Gasteiger partial charge in [-0.05, 0) is 69.0 Å². The average molecular weight is 334 g/mol. The van der Waals surface area contributed by atoms with Crippen LogP contribution in [-0.4, -0.2) is 36.0 Å². The van der Waals surface area contributed by atoms with Crippen LogP contribution >= 0.6 is 0 Å². The van der Waals surface area contributed by atoms with Crippen molar-refractivity contribution in [1.29, 1.82) is 0 Å². The normalized spacial score (nSPS) is 27.4. The van der Waals surface area contributed by atoms with Crippen molar-refractivity contribution in [3.63, 3.8) is 0 Å². The first-order chi connectivity index (χ1) is 12.2. The van der Waals surface area contributed by atoms with E-state index >= 15 is 0 Å². The number of nitrogens with one attached hydrogen (secondary N) is 1. The molecule has 4 heteroatoms. The Morgan fingerprint density at radius 3 is 2.60 bits per heavy atom. The molecule has 3 fully saturated rings. The van der Waals surface area contributed by atoms with Gasteiger partial charge < -0.3 is 9.73 Å². The number of nitrogens with zero attached hydrogens (tertiary/aromatic N) is 1. The first kappa shape index (κ1) is 16.0. The number of piperidine rings is 3. The summed E-state index contributed by atoms with van der Waals surface area (Å²) in [5, 5.41) is 3.18. The van der Waals surface area contributed by atoms with Crippen molar-refractivity contribution in [2.24, 2.45) is 5.92 Å². The molecule has 0 radical (unpaired) electrons. The Morgan fingerprint density at radius 2 is 1.88 bits per heavy atom. The Balaban J connectivity index is 1.43. The van der Waals surface area contributed by atoms with Crippen molar-refractivity contribution < 1.29 is 9.21 Å². The number of furan rings is 1. The molecule has 3 aliphatic heterocycles. The molecule has 0 saturated carbocycles. The van der Waals surface area contributed by atoms with Crippen LogP contribution in [0.1, 0.15) is 41.6 Å². The second-order valence-electron chi connectivity index (χ2n) is 6.89. The highest BCUT2D eigenvalue weighted by atomic mass is 16.3. The number of rotatable bonds is 2. The number of carbonyl (C=O) groups is 1. The predicted octanol–water partition coefficient (Wildman–Crippen LogP) is 2.89. The molecule has 1 aromatic heterocycles. The van der Waals surface area contributed by atoms with Crippen LogP contribution < -0.4 is 5.32 Å². The highest BCUT2D eigenvalue weighted by Gasteiger charge is 2.40. The van der Waals surface area contributed by atoms with Crippen LogP contribution in [0.25, 0.3) is 0 Å². The van der Waals surface area contributed by atoms with Gasteiger partial charge in [0, 0.05) is 17.6 Å². The minimum absolute atomic E-state index is 0.140. The fraction of sp³-hybridized carbons (Fsp3) is 0.381. The third-order valence-electron chi connectivity index (χ3n) is 5.41. The molecule has 3 saturated heterocycles. The lowest BCUT2D eigenvalue weighted by molar-refractivity contribution is 0.0211. The van der Waals surface area contributed by atoms with Crippen molar-refractivity contribution in [2.45, 2.75) is 31.8 Å². The Bertz CT molecular complexity index is 805. The van der Waals surface area contributed by atoms with Gasteiger partial charge >= 0.3 is 0 Å². The summed E-state index contributed by atoms with van der Waals surface area (Å²) in [6.07, 6.45) is 2.34. The number of amides is 1. The highest BCUT2D eigenvalue weighted by molar-refractivity contribution is 5.91. The Morgan fingerprint density at radius 1 is 1.12 bits per heavy atom. The largest absolute Gasteiger partial charge is 0.443 e. The molecular formula is C21H22N2O2. The zero-order chi connectivity index (χ0) is 17.2. The van der Waals surface area contributed by atoms with E-state index in [4.69, 9.17) is 4.42 Å². The summed E-state index contributed by atoms with van der Waals surface area (Å²) in [4.78, 5) is 15.0. The first-order valence-electron chi connectivity index (χ1n) is 8.92. The van der Waals surface area contributed by atoms with Gasteiger partial charge in [-0.25, -0.2) is 0 Å². The molecule has 5 rings (SSSR count). The van der Waals surface area contributed by atoms with Crippen LogP contribution in [0.4, 0.5) is 0 Å².